The van der Waals surface area contributed by atoms with Gasteiger partial charge in [-0.1, -0.05) is 39.7 Å². The molecular weight excluding hydrogens is 424 g/mol. The molecule has 132 valence electrons. The molecular formula is C18H18BrClN2O2S. The Morgan fingerprint density at radius 1 is 1.12 bits per heavy atom. The largest absolute Gasteiger partial charge is 0.346 e. The van der Waals surface area contributed by atoms with Crippen LogP contribution in [0.3, 0.4) is 0 Å². The van der Waals surface area contributed by atoms with Crippen LogP contribution < -0.4 is 10.6 Å². The third-order valence-corrected chi connectivity index (χ3v) is 5.07. The lowest BCUT2D eigenvalue weighted by Gasteiger charge is -2.09. The summed E-state index contributed by atoms with van der Waals surface area (Å²) in [7, 11) is 0. The standard InChI is InChI=1S/C18H18BrClN2O2S/c1-12-8-14(19)4-7-16(12)22-17(23)9-21-18(24)11-25-10-13-2-5-15(20)6-3-13/h2-8H,9-11H2,1H3,(H,21,24)(H,22,23). The normalized spacial score (nSPS) is 10.4. The van der Waals surface area contributed by atoms with Crippen molar-refractivity contribution in [2.24, 2.45) is 0 Å². The molecule has 0 spiro atoms. The minimum Gasteiger partial charge on any atom is -0.346 e. The van der Waals surface area contributed by atoms with Gasteiger partial charge in [0.25, 0.3) is 0 Å². The maximum atomic E-state index is 11.9. The predicted octanol–water partition coefficient (Wildman–Crippen LogP) is 4.40. The van der Waals surface area contributed by atoms with Crippen LogP contribution in [0.1, 0.15) is 11.1 Å². The van der Waals surface area contributed by atoms with E-state index in [1.54, 1.807) is 0 Å². The molecule has 0 heterocycles. The van der Waals surface area contributed by atoms with Crippen molar-refractivity contribution < 1.29 is 9.59 Å². The Hall–Kier alpha value is -1.50. The van der Waals surface area contributed by atoms with Crippen LogP contribution in [-0.2, 0) is 15.3 Å². The van der Waals surface area contributed by atoms with Crippen molar-refractivity contribution in [3.8, 4) is 0 Å². The zero-order valence-electron chi connectivity index (χ0n) is 13.6. The van der Waals surface area contributed by atoms with Gasteiger partial charge in [0.05, 0.1) is 12.3 Å². The van der Waals surface area contributed by atoms with Crippen molar-refractivity contribution in [1.82, 2.24) is 5.32 Å². The van der Waals surface area contributed by atoms with Gasteiger partial charge < -0.3 is 10.6 Å². The first kappa shape index (κ1) is 19.8. The fourth-order valence-corrected chi connectivity index (χ4v) is 3.45. The zero-order valence-corrected chi connectivity index (χ0v) is 16.8. The van der Waals surface area contributed by atoms with E-state index in [0.29, 0.717) is 10.8 Å². The number of hydrogen-bond acceptors (Lipinski definition) is 3. The van der Waals surface area contributed by atoms with Crippen LogP contribution in [0.25, 0.3) is 0 Å². The minimum atomic E-state index is -0.249. The van der Waals surface area contributed by atoms with Crippen LogP contribution in [0.2, 0.25) is 5.02 Å². The van der Waals surface area contributed by atoms with Crippen LogP contribution >= 0.6 is 39.3 Å². The number of anilines is 1. The van der Waals surface area contributed by atoms with Crippen molar-refractivity contribution in [3.63, 3.8) is 0 Å². The average molecular weight is 442 g/mol. The Kier molecular flexibility index (Phi) is 7.81. The highest BCUT2D eigenvalue weighted by molar-refractivity contribution is 9.10. The number of hydrogen-bond donors (Lipinski definition) is 2. The maximum absolute atomic E-state index is 11.9. The van der Waals surface area contributed by atoms with E-state index in [1.165, 1.54) is 11.8 Å². The fourth-order valence-electron chi connectivity index (χ4n) is 2.03. The second-order valence-corrected chi connectivity index (χ2v) is 7.74. The summed E-state index contributed by atoms with van der Waals surface area (Å²) in [5, 5.41) is 6.11. The molecule has 0 aliphatic carbocycles. The van der Waals surface area contributed by atoms with Crippen LogP contribution in [0.4, 0.5) is 5.69 Å². The van der Waals surface area contributed by atoms with Gasteiger partial charge in [0.2, 0.25) is 11.8 Å². The quantitative estimate of drug-likeness (QED) is 0.669. The third-order valence-electron chi connectivity index (χ3n) is 3.32. The Morgan fingerprint density at radius 2 is 1.84 bits per heavy atom. The highest BCUT2D eigenvalue weighted by Crippen LogP contribution is 2.19. The van der Waals surface area contributed by atoms with Crippen molar-refractivity contribution in [2.75, 3.05) is 17.6 Å². The monoisotopic (exact) mass is 440 g/mol. The van der Waals surface area contributed by atoms with Crippen molar-refractivity contribution >= 4 is 56.8 Å². The molecule has 0 atom stereocenters. The van der Waals surface area contributed by atoms with Crippen LogP contribution in [0, 0.1) is 6.92 Å². The molecule has 0 bridgehead atoms. The van der Waals surface area contributed by atoms with Gasteiger partial charge in [-0.15, -0.1) is 11.8 Å². The topological polar surface area (TPSA) is 58.2 Å². The van der Waals surface area contributed by atoms with Gasteiger partial charge in [0.1, 0.15) is 0 Å². The van der Waals surface area contributed by atoms with Gasteiger partial charge in [-0.3, -0.25) is 9.59 Å². The molecule has 2 rings (SSSR count). The van der Waals surface area contributed by atoms with E-state index in [-0.39, 0.29) is 18.4 Å². The number of thioether (sulfide) groups is 1. The SMILES string of the molecule is Cc1cc(Br)ccc1NC(=O)CNC(=O)CSCc1ccc(Cl)cc1. The molecule has 0 radical (unpaired) electrons. The van der Waals surface area contributed by atoms with Crippen LogP contribution in [-0.4, -0.2) is 24.1 Å². The van der Waals surface area contributed by atoms with E-state index in [1.807, 2.05) is 49.4 Å². The number of carbonyl (C=O) groups is 2. The lowest BCUT2D eigenvalue weighted by atomic mass is 10.2. The van der Waals surface area contributed by atoms with Crippen LogP contribution in [0.15, 0.2) is 46.9 Å². The molecule has 7 heteroatoms. The predicted molar refractivity (Wildman–Crippen MR) is 108 cm³/mol. The van der Waals surface area contributed by atoms with Gasteiger partial charge in [-0.2, -0.15) is 0 Å². The number of rotatable bonds is 7. The fraction of sp³-hybridized carbons (Fsp3) is 0.222. The zero-order chi connectivity index (χ0) is 18.2. The number of aryl methyl sites for hydroxylation is 1. The molecule has 0 saturated carbocycles. The first-order valence-corrected chi connectivity index (χ1v) is 9.91. The summed E-state index contributed by atoms with van der Waals surface area (Å²) in [6.45, 7) is 1.86. The smallest absolute Gasteiger partial charge is 0.243 e. The average Bonchev–Trinajstić information content (AvgIpc) is 2.57. The summed E-state index contributed by atoms with van der Waals surface area (Å²) in [6.07, 6.45) is 0. The number of amides is 2. The molecule has 0 aliphatic rings. The molecule has 0 aliphatic heterocycles. The molecule has 2 aromatic carbocycles. The molecule has 25 heavy (non-hydrogen) atoms. The Balaban J connectivity index is 1.68. The summed E-state index contributed by atoms with van der Waals surface area (Å²) in [6, 6.07) is 13.1. The van der Waals surface area contributed by atoms with E-state index in [4.69, 9.17) is 11.6 Å². The van der Waals surface area contributed by atoms with Gasteiger partial charge in [0, 0.05) is 20.9 Å². The second kappa shape index (κ2) is 9.85. The molecule has 2 aromatic rings. The minimum absolute atomic E-state index is 0.0458. The number of benzene rings is 2. The number of carbonyl (C=O) groups excluding carboxylic acids is 2. The van der Waals surface area contributed by atoms with E-state index in [2.05, 4.69) is 26.6 Å². The Morgan fingerprint density at radius 3 is 2.52 bits per heavy atom. The van der Waals surface area contributed by atoms with Crippen LogP contribution in [0.5, 0.6) is 0 Å². The van der Waals surface area contributed by atoms with Crippen molar-refractivity contribution in [1.29, 1.82) is 0 Å². The van der Waals surface area contributed by atoms with E-state index in [0.717, 1.165) is 27.0 Å². The Bertz CT molecular complexity index is 753. The summed E-state index contributed by atoms with van der Waals surface area (Å²) in [4.78, 5) is 23.7. The van der Waals surface area contributed by atoms with Crippen molar-refractivity contribution in [2.45, 2.75) is 12.7 Å². The van der Waals surface area contributed by atoms with Gasteiger partial charge >= 0.3 is 0 Å². The van der Waals surface area contributed by atoms with Gasteiger partial charge in [-0.25, -0.2) is 0 Å². The lowest BCUT2D eigenvalue weighted by Crippen LogP contribution is -2.34. The maximum Gasteiger partial charge on any atom is 0.243 e. The molecule has 4 nitrogen and oxygen atoms in total. The molecule has 2 N–H and O–H groups in total. The van der Waals surface area contributed by atoms with E-state index >= 15 is 0 Å². The molecule has 0 fully saturated rings. The summed E-state index contributed by atoms with van der Waals surface area (Å²) in [5.74, 6) is 0.602. The van der Waals surface area contributed by atoms with Crippen molar-refractivity contribution in [3.05, 3.63) is 63.1 Å². The summed E-state index contributed by atoms with van der Waals surface area (Å²) in [5.41, 5.74) is 2.79. The summed E-state index contributed by atoms with van der Waals surface area (Å²) >= 11 is 10.7. The lowest BCUT2D eigenvalue weighted by molar-refractivity contribution is -0.122. The molecule has 0 saturated heterocycles. The van der Waals surface area contributed by atoms with Gasteiger partial charge in [-0.05, 0) is 48.4 Å². The summed E-state index contributed by atoms with van der Waals surface area (Å²) < 4.78 is 0.953. The highest BCUT2D eigenvalue weighted by Gasteiger charge is 2.08. The first-order chi connectivity index (χ1) is 11.9. The second-order valence-electron chi connectivity index (χ2n) is 5.40. The molecule has 0 aromatic heterocycles. The number of halogens is 2. The van der Waals surface area contributed by atoms with E-state index in [9.17, 15) is 9.59 Å². The Labute approximate surface area is 164 Å². The van der Waals surface area contributed by atoms with Gasteiger partial charge in [0.15, 0.2) is 0 Å². The third kappa shape index (κ3) is 7.10. The van der Waals surface area contributed by atoms with E-state index < -0.39 is 0 Å². The highest BCUT2D eigenvalue weighted by atomic mass is 79.9. The molecule has 2 amide bonds. The molecule has 0 unspecified atom stereocenters. The first-order valence-electron chi connectivity index (χ1n) is 7.59. The number of nitrogens with one attached hydrogen (secondary N) is 2.